The molecule has 0 amide bonds. The SMILES string of the molecule is ON(Cc1ccccc1)C(CN1CCCC1)c1ccccc1. The molecule has 1 N–H and O–H groups in total. The molecule has 0 spiro atoms. The molecule has 3 rings (SSSR count). The first-order chi connectivity index (χ1) is 10.8. The molecule has 1 saturated heterocycles. The van der Waals surface area contributed by atoms with E-state index in [0.29, 0.717) is 6.54 Å². The maximum atomic E-state index is 10.7. The van der Waals surface area contributed by atoms with Crippen molar-refractivity contribution in [2.24, 2.45) is 0 Å². The Balaban J connectivity index is 1.74. The summed E-state index contributed by atoms with van der Waals surface area (Å²) in [7, 11) is 0. The Morgan fingerprint density at radius 1 is 0.909 bits per heavy atom. The van der Waals surface area contributed by atoms with Gasteiger partial charge in [-0.05, 0) is 37.1 Å². The number of benzene rings is 2. The van der Waals surface area contributed by atoms with Gasteiger partial charge in [-0.1, -0.05) is 60.7 Å². The average Bonchev–Trinajstić information content (AvgIpc) is 3.07. The van der Waals surface area contributed by atoms with Gasteiger partial charge in [0, 0.05) is 13.1 Å². The maximum Gasteiger partial charge on any atom is 0.0730 e. The predicted octanol–water partition coefficient (Wildman–Crippen LogP) is 3.71. The highest BCUT2D eigenvalue weighted by Crippen LogP contribution is 2.24. The smallest absolute Gasteiger partial charge is 0.0730 e. The third-order valence-electron chi connectivity index (χ3n) is 4.36. The quantitative estimate of drug-likeness (QED) is 0.823. The van der Waals surface area contributed by atoms with Crippen molar-refractivity contribution in [1.82, 2.24) is 9.96 Å². The summed E-state index contributed by atoms with van der Waals surface area (Å²) in [6.45, 7) is 3.71. The Bertz CT molecular complexity index is 552. The molecule has 2 aromatic rings. The van der Waals surface area contributed by atoms with Crippen molar-refractivity contribution in [2.75, 3.05) is 19.6 Å². The van der Waals surface area contributed by atoms with Crippen LogP contribution in [0, 0.1) is 0 Å². The van der Waals surface area contributed by atoms with Gasteiger partial charge in [-0.2, -0.15) is 5.06 Å². The van der Waals surface area contributed by atoms with Gasteiger partial charge in [-0.3, -0.25) is 0 Å². The van der Waals surface area contributed by atoms with Crippen molar-refractivity contribution in [3.05, 3.63) is 71.8 Å². The second-order valence-electron chi connectivity index (χ2n) is 6.02. The van der Waals surface area contributed by atoms with E-state index in [1.54, 1.807) is 0 Å². The number of likely N-dealkylation sites (tertiary alicyclic amines) is 1. The standard InChI is InChI=1S/C19H24N2O/c22-21(15-17-9-3-1-4-10-17)19(16-20-13-7-8-14-20)18-11-5-2-6-12-18/h1-6,9-12,19,22H,7-8,13-16H2. The number of nitrogens with zero attached hydrogens (tertiary/aromatic N) is 2. The molecular formula is C19H24N2O. The van der Waals surface area contributed by atoms with Crippen LogP contribution in [0.5, 0.6) is 0 Å². The van der Waals surface area contributed by atoms with Crippen molar-refractivity contribution in [2.45, 2.75) is 25.4 Å². The van der Waals surface area contributed by atoms with E-state index in [-0.39, 0.29) is 6.04 Å². The number of rotatable bonds is 6. The summed E-state index contributed by atoms with van der Waals surface area (Å²) in [4.78, 5) is 2.45. The van der Waals surface area contributed by atoms with E-state index < -0.39 is 0 Å². The van der Waals surface area contributed by atoms with Crippen molar-refractivity contribution in [1.29, 1.82) is 0 Å². The van der Waals surface area contributed by atoms with Crippen LogP contribution in [0.15, 0.2) is 60.7 Å². The number of hydrogen-bond donors (Lipinski definition) is 1. The summed E-state index contributed by atoms with van der Waals surface area (Å²) in [5.74, 6) is 0. The Morgan fingerprint density at radius 2 is 1.50 bits per heavy atom. The van der Waals surface area contributed by atoms with Crippen molar-refractivity contribution in [3.8, 4) is 0 Å². The van der Waals surface area contributed by atoms with Crippen molar-refractivity contribution < 1.29 is 5.21 Å². The summed E-state index contributed by atoms with van der Waals surface area (Å²) in [6, 6.07) is 20.5. The zero-order valence-corrected chi connectivity index (χ0v) is 12.9. The van der Waals surface area contributed by atoms with Gasteiger partial charge in [0.2, 0.25) is 0 Å². The van der Waals surface area contributed by atoms with Crippen LogP contribution in [-0.2, 0) is 6.54 Å². The van der Waals surface area contributed by atoms with Crippen LogP contribution in [0.1, 0.15) is 30.0 Å². The summed E-state index contributed by atoms with van der Waals surface area (Å²) in [6.07, 6.45) is 2.54. The molecule has 1 aliphatic heterocycles. The van der Waals surface area contributed by atoms with E-state index >= 15 is 0 Å². The Hall–Kier alpha value is -1.68. The first-order valence-corrected chi connectivity index (χ1v) is 8.09. The minimum atomic E-state index is 0.0134. The summed E-state index contributed by atoms with van der Waals surface area (Å²) >= 11 is 0. The molecule has 22 heavy (non-hydrogen) atoms. The van der Waals surface area contributed by atoms with Gasteiger partial charge < -0.3 is 10.1 Å². The second kappa shape index (κ2) is 7.54. The van der Waals surface area contributed by atoms with Gasteiger partial charge in [0.1, 0.15) is 0 Å². The third-order valence-corrected chi connectivity index (χ3v) is 4.36. The molecule has 2 aromatic carbocycles. The van der Waals surface area contributed by atoms with Crippen molar-refractivity contribution >= 4 is 0 Å². The molecular weight excluding hydrogens is 272 g/mol. The molecule has 116 valence electrons. The molecule has 1 fully saturated rings. The Morgan fingerprint density at radius 3 is 2.14 bits per heavy atom. The van der Waals surface area contributed by atoms with Gasteiger partial charge in [-0.15, -0.1) is 0 Å². The Labute approximate surface area is 132 Å². The number of hydrogen-bond acceptors (Lipinski definition) is 3. The fraction of sp³-hybridized carbons (Fsp3) is 0.368. The highest BCUT2D eigenvalue weighted by Gasteiger charge is 2.23. The molecule has 1 heterocycles. The largest absolute Gasteiger partial charge is 0.313 e. The molecule has 0 saturated carbocycles. The molecule has 0 radical (unpaired) electrons. The summed E-state index contributed by atoms with van der Waals surface area (Å²) < 4.78 is 0. The molecule has 0 bridgehead atoms. The zero-order valence-electron chi connectivity index (χ0n) is 12.9. The zero-order chi connectivity index (χ0) is 15.2. The van der Waals surface area contributed by atoms with Crippen LogP contribution < -0.4 is 0 Å². The lowest BCUT2D eigenvalue weighted by atomic mass is 10.1. The summed E-state index contributed by atoms with van der Waals surface area (Å²) in [5, 5.41) is 12.2. The Kier molecular flexibility index (Phi) is 5.22. The van der Waals surface area contributed by atoms with Crippen LogP contribution in [0.3, 0.4) is 0 Å². The van der Waals surface area contributed by atoms with Crippen LogP contribution in [-0.4, -0.2) is 34.8 Å². The fourth-order valence-electron chi connectivity index (χ4n) is 3.14. The monoisotopic (exact) mass is 296 g/mol. The highest BCUT2D eigenvalue weighted by atomic mass is 16.5. The normalized spacial score (nSPS) is 17.0. The lowest BCUT2D eigenvalue weighted by Gasteiger charge is -2.30. The predicted molar refractivity (Wildman–Crippen MR) is 88.6 cm³/mol. The first-order valence-electron chi connectivity index (χ1n) is 8.09. The molecule has 3 nitrogen and oxygen atoms in total. The third kappa shape index (κ3) is 3.95. The molecule has 0 aromatic heterocycles. The highest BCUT2D eigenvalue weighted by molar-refractivity contribution is 5.20. The van der Waals surface area contributed by atoms with Crippen molar-refractivity contribution in [3.63, 3.8) is 0 Å². The van der Waals surface area contributed by atoms with Gasteiger partial charge in [0.15, 0.2) is 0 Å². The second-order valence-corrected chi connectivity index (χ2v) is 6.02. The van der Waals surface area contributed by atoms with E-state index in [2.05, 4.69) is 29.2 Å². The molecule has 1 atom stereocenters. The fourth-order valence-corrected chi connectivity index (χ4v) is 3.14. The van der Waals surface area contributed by atoms with Gasteiger partial charge in [0.25, 0.3) is 0 Å². The van der Waals surface area contributed by atoms with Gasteiger partial charge >= 0.3 is 0 Å². The topological polar surface area (TPSA) is 26.7 Å². The maximum absolute atomic E-state index is 10.7. The van der Waals surface area contributed by atoms with Crippen LogP contribution in [0.4, 0.5) is 0 Å². The lowest BCUT2D eigenvalue weighted by Crippen LogP contribution is -2.35. The van der Waals surface area contributed by atoms with E-state index in [9.17, 15) is 5.21 Å². The van der Waals surface area contributed by atoms with Crippen LogP contribution in [0.2, 0.25) is 0 Å². The molecule has 1 unspecified atom stereocenters. The lowest BCUT2D eigenvalue weighted by molar-refractivity contribution is -0.142. The average molecular weight is 296 g/mol. The van der Waals surface area contributed by atoms with Gasteiger partial charge in [0.05, 0.1) is 6.04 Å². The summed E-state index contributed by atoms with van der Waals surface area (Å²) in [5.41, 5.74) is 2.31. The van der Waals surface area contributed by atoms with E-state index in [4.69, 9.17) is 0 Å². The number of hydroxylamine groups is 2. The minimum Gasteiger partial charge on any atom is -0.313 e. The van der Waals surface area contributed by atoms with Gasteiger partial charge in [-0.25, -0.2) is 0 Å². The molecule has 1 aliphatic rings. The molecule has 3 heteroatoms. The molecule has 0 aliphatic carbocycles. The van der Waals surface area contributed by atoms with Crippen LogP contribution in [0.25, 0.3) is 0 Å². The van der Waals surface area contributed by atoms with E-state index in [0.717, 1.165) is 25.2 Å². The first kappa shape index (κ1) is 15.2. The van der Waals surface area contributed by atoms with E-state index in [1.807, 2.05) is 36.4 Å². The minimum absolute atomic E-state index is 0.0134. The van der Waals surface area contributed by atoms with Crippen LogP contribution >= 0.6 is 0 Å². The van der Waals surface area contributed by atoms with E-state index in [1.165, 1.54) is 23.5 Å².